The molecule has 1 fully saturated rings. The standard InChI is InChI=1S/C17H24N4O3/c22-12-15(23)11-20-17(24)21(14-4-2-1-3-5-14)16(19-20)10-13-6-8-18-9-7-13/h1-5,13,15,18,22-23H,6-12H2/t15-/m0/s1. The SMILES string of the molecule is O=c1n(C[C@H](O)CO)nc(CC2CCNCC2)n1-c1ccccc1. The minimum Gasteiger partial charge on any atom is -0.394 e. The van der Waals surface area contributed by atoms with Crippen LogP contribution in [0.5, 0.6) is 0 Å². The number of nitrogens with one attached hydrogen (secondary N) is 1. The summed E-state index contributed by atoms with van der Waals surface area (Å²) in [5.74, 6) is 1.20. The van der Waals surface area contributed by atoms with Crippen molar-refractivity contribution in [3.05, 3.63) is 46.6 Å². The first kappa shape index (κ1) is 16.9. The Balaban J connectivity index is 1.95. The zero-order valence-electron chi connectivity index (χ0n) is 13.6. The first-order chi connectivity index (χ1) is 11.7. The minimum atomic E-state index is -0.992. The van der Waals surface area contributed by atoms with Crippen LogP contribution in [-0.2, 0) is 13.0 Å². The Labute approximate surface area is 140 Å². The van der Waals surface area contributed by atoms with Crippen LogP contribution in [0.25, 0.3) is 5.69 Å². The lowest BCUT2D eigenvalue weighted by atomic mass is 9.94. The molecule has 7 nitrogen and oxygen atoms in total. The van der Waals surface area contributed by atoms with Gasteiger partial charge in [0.2, 0.25) is 0 Å². The van der Waals surface area contributed by atoms with Gasteiger partial charge in [0.05, 0.1) is 24.9 Å². The molecule has 1 aromatic carbocycles. The summed E-state index contributed by atoms with van der Waals surface area (Å²) >= 11 is 0. The number of hydrogen-bond donors (Lipinski definition) is 3. The van der Waals surface area contributed by atoms with Crippen molar-refractivity contribution in [2.45, 2.75) is 31.9 Å². The van der Waals surface area contributed by atoms with Crippen LogP contribution in [0.15, 0.2) is 35.1 Å². The van der Waals surface area contributed by atoms with Gasteiger partial charge in [-0.15, -0.1) is 0 Å². The number of aromatic nitrogens is 3. The van der Waals surface area contributed by atoms with Crippen molar-refractivity contribution in [2.75, 3.05) is 19.7 Å². The topological polar surface area (TPSA) is 92.3 Å². The predicted octanol–water partition coefficient (Wildman–Crippen LogP) is -0.0707. The maximum Gasteiger partial charge on any atom is 0.350 e. The van der Waals surface area contributed by atoms with E-state index in [1.54, 1.807) is 4.57 Å². The fourth-order valence-corrected chi connectivity index (χ4v) is 3.14. The van der Waals surface area contributed by atoms with Crippen molar-refractivity contribution in [1.82, 2.24) is 19.7 Å². The summed E-state index contributed by atoms with van der Waals surface area (Å²) in [7, 11) is 0. The highest BCUT2D eigenvalue weighted by Gasteiger charge is 2.21. The van der Waals surface area contributed by atoms with Crippen molar-refractivity contribution < 1.29 is 10.2 Å². The molecule has 0 bridgehead atoms. The highest BCUT2D eigenvalue weighted by atomic mass is 16.3. The highest BCUT2D eigenvalue weighted by molar-refractivity contribution is 5.32. The molecule has 130 valence electrons. The normalized spacial score (nSPS) is 17.1. The van der Waals surface area contributed by atoms with Gasteiger partial charge in [-0.1, -0.05) is 18.2 Å². The van der Waals surface area contributed by atoms with Gasteiger partial charge < -0.3 is 15.5 Å². The molecule has 0 saturated carbocycles. The summed E-state index contributed by atoms with van der Waals surface area (Å²) in [5.41, 5.74) is 0.494. The minimum absolute atomic E-state index is 0.00557. The van der Waals surface area contributed by atoms with Crippen molar-refractivity contribution in [2.24, 2.45) is 5.92 Å². The third kappa shape index (κ3) is 3.75. The van der Waals surface area contributed by atoms with E-state index in [-0.39, 0.29) is 12.2 Å². The van der Waals surface area contributed by atoms with Gasteiger partial charge in [0.1, 0.15) is 5.82 Å². The zero-order valence-corrected chi connectivity index (χ0v) is 13.6. The highest BCUT2D eigenvalue weighted by Crippen LogP contribution is 2.18. The Morgan fingerprint density at radius 2 is 1.96 bits per heavy atom. The van der Waals surface area contributed by atoms with Gasteiger partial charge >= 0.3 is 5.69 Å². The molecule has 1 aromatic heterocycles. The van der Waals surface area contributed by atoms with Crippen LogP contribution in [0, 0.1) is 5.92 Å². The van der Waals surface area contributed by atoms with Crippen LogP contribution in [-0.4, -0.2) is 50.4 Å². The third-order valence-electron chi connectivity index (χ3n) is 4.45. The molecule has 1 aliphatic rings. The van der Waals surface area contributed by atoms with Crippen LogP contribution in [0.3, 0.4) is 0 Å². The Bertz CT molecular complexity index is 704. The number of nitrogens with zero attached hydrogens (tertiary/aromatic N) is 3. The van der Waals surface area contributed by atoms with Gasteiger partial charge in [0, 0.05) is 6.42 Å². The van der Waals surface area contributed by atoms with Gasteiger partial charge in [0.25, 0.3) is 0 Å². The van der Waals surface area contributed by atoms with Crippen molar-refractivity contribution >= 4 is 0 Å². The van der Waals surface area contributed by atoms with Crippen molar-refractivity contribution in [1.29, 1.82) is 0 Å². The third-order valence-corrected chi connectivity index (χ3v) is 4.45. The molecular weight excluding hydrogens is 308 g/mol. The summed E-state index contributed by atoms with van der Waals surface area (Å²) in [6.07, 6.45) is 1.87. The van der Waals surface area contributed by atoms with Crippen LogP contribution >= 0.6 is 0 Å². The van der Waals surface area contributed by atoms with E-state index in [1.165, 1.54) is 4.68 Å². The molecule has 0 unspecified atom stereocenters. The van der Waals surface area contributed by atoms with Crippen LogP contribution in [0.1, 0.15) is 18.7 Å². The molecule has 2 aromatic rings. The Hall–Kier alpha value is -1.96. The smallest absolute Gasteiger partial charge is 0.350 e. The Kier molecular flexibility index (Phi) is 5.44. The lowest BCUT2D eigenvalue weighted by Gasteiger charge is -2.22. The fourth-order valence-electron chi connectivity index (χ4n) is 3.14. The Morgan fingerprint density at radius 3 is 2.62 bits per heavy atom. The molecule has 2 heterocycles. The van der Waals surface area contributed by atoms with Gasteiger partial charge in [0.15, 0.2) is 0 Å². The van der Waals surface area contributed by atoms with Crippen LogP contribution < -0.4 is 11.0 Å². The van der Waals surface area contributed by atoms with Gasteiger partial charge in [-0.2, -0.15) is 5.10 Å². The number of piperidine rings is 1. The number of rotatable bonds is 6. The molecule has 24 heavy (non-hydrogen) atoms. The molecule has 1 atom stereocenters. The Morgan fingerprint density at radius 1 is 1.25 bits per heavy atom. The fraction of sp³-hybridized carbons (Fsp3) is 0.529. The van der Waals surface area contributed by atoms with Gasteiger partial charge in [-0.3, -0.25) is 0 Å². The molecule has 3 N–H and O–H groups in total. The van der Waals surface area contributed by atoms with E-state index in [9.17, 15) is 9.90 Å². The largest absolute Gasteiger partial charge is 0.394 e. The number of hydrogen-bond acceptors (Lipinski definition) is 5. The zero-order chi connectivity index (χ0) is 16.9. The molecule has 0 spiro atoms. The van der Waals surface area contributed by atoms with Crippen molar-refractivity contribution in [3.8, 4) is 5.69 Å². The second kappa shape index (κ2) is 7.74. The monoisotopic (exact) mass is 332 g/mol. The lowest BCUT2D eigenvalue weighted by molar-refractivity contribution is 0.0771. The van der Waals surface area contributed by atoms with Gasteiger partial charge in [-0.25, -0.2) is 14.0 Å². The number of benzene rings is 1. The predicted molar refractivity (Wildman–Crippen MR) is 90.2 cm³/mol. The first-order valence-electron chi connectivity index (χ1n) is 8.43. The molecule has 3 rings (SSSR count). The van der Waals surface area contributed by atoms with Crippen LogP contribution in [0.4, 0.5) is 0 Å². The van der Waals surface area contributed by atoms with E-state index >= 15 is 0 Å². The summed E-state index contributed by atoms with van der Waals surface area (Å²) in [6, 6.07) is 9.43. The lowest BCUT2D eigenvalue weighted by Crippen LogP contribution is -2.31. The van der Waals surface area contributed by atoms with E-state index < -0.39 is 12.7 Å². The van der Waals surface area contributed by atoms with E-state index in [1.807, 2.05) is 30.3 Å². The summed E-state index contributed by atoms with van der Waals surface area (Å²) < 4.78 is 2.87. The molecule has 1 aliphatic heterocycles. The molecule has 1 saturated heterocycles. The van der Waals surface area contributed by atoms with E-state index in [0.29, 0.717) is 11.7 Å². The molecular formula is C17H24N4O3. The van der Waals surface area contributed by atoms with E-state index in [4.69, 9.17) is 5.11 Å². The maximum atomic E-state index is 12.7. The van der Waals surface area contributed by atoms with E-state index in [2.05, 4.69) is 10.4 Å². The second-order valence-electron chi connectivity index (χ2n) is 6.29. The summed E-state index contributed by atoms with van der Waals surface area (Å²) in [6.45, 7) is 1.58. The van der Waals surface area contributed by atoms with Crippen LogP contribution in [0.2, 0.25) is 0 Å². The van der Waals surface area contributed by atoms with E-state index in [0.717, 1.165) is 38.0 Å². The maximum absolute atomic E-state index is 12.7. The average molecular weight is 332 g/mol. The summed E-state index contributed by atoms with van der Waals surface area (Å²) in [4.78, 5) is 12.7. The molecule has 7 heteroatoms. The molecule has 0 radical (unpaired) electrons. The quantitative estimate of drug-likeness (QED) is 0.689. The van der Waals surface area contributed by atoms with Gasteiger partial charge in [-0.05, 0) is 44.0 Å². The first-order valence-corrected chi connectivity index (χ1v) is 8.43. The van der Waals surface area contributed by atoms with Crippen molar-refractivity contribution in [3.63, 3.8) is 0 Å². The number of para-hydroxylation sites is 1. The summed E-state index contributed by atoms with van der Waals surface area (Å²) in [5, 5.41) is 26.5. The average Bonchev–Trinajstić information content (AvgIpc) is 2.91. The second-order valence-corrected chi connectivity index (χ2v) is 6.29. The molecule has 0 amide bonds. The number of aliphatic hydroxyl groups excluding tert-OH is 2. The number of aliphatic hydroxyl groups is 2. The molecule has 0 aliphatic carbocycles.